The van der Waals surface area contributed by atoms with Gasteiger partial charge in [0.25, 0.3) is 0 Å². The van der Waals surface area contributed by atoms with Gasteiger partial charge in [-0.1, -0.05) is 20.8 Å². The molecule has 0 radical (unpaired) electrons. The number of hydrogen-bond donors (Lipinski definition) is 2. The van der Waals surface area contributed by atoms with E-state index in [4.69, 9.17) is 0 Å². The number of nitrogens with one attached hydrogen (secondary N) is 1. The van der Waals surface area contributed by atoms with Crippen molar-refractivity contribution >= 4 is 17.8 Å². The van der Waals surface area contributed by atoms with Crippen LogP contribution in [-0.2, 0) is 19.1 Å². The standard InChI is InChI=1S/C14H23NO5/c1-7(2)11(14(19)20-4)15-12(16)9-5-8(3)6-10(9)13(17)18/h7-11H,5-6H2,1-4H3,(H,15,16)(H,17,18)/t8?,9-,10+,11-/m0/s1. The van der Waals surface area contributed by atoms with E-state index in [1.807, 2.05) is 6.92 Å². The topological polar surface area (TPSA) is 92.7 Å². The number of hydrogen-bond acceptors (Lipinski definition) is 4. The summed E-state index contributed by atoms with van der Waals surface area (Å²) in [7, 11) is 1.27. The molecular weight excluding hydrogens is 262 g/mol. The van der Waals surface area contributed by atoms with Crippen LogP contribution < -0.4 is 5.32 Å². The molecule has 1 aliphatic rings. The van der Waals surface area contributed by atoms with Gasteiger partial charge in [-0.15, -0.1) is 0 Å². The number of ether oxygens (including phenoxy) is 1. The molecule has 4 atom stereocenters. The van der Waals surface area contributed by atoms with Crippen molar-refractivity contribution in [2.24, 2.45) is 23.7 Å². The van der Waals surface area contributed by atoms with Gasteiger partial charge in [0.1, 0.15) is 6.04 Å². The normalized spacial score (nSPS) is 27.1. The molecule has 0 saturated heterocycles. The van der Waals surface area contributed by atoms with Crippen molar-refractivity contribution in [3.8, 4) is 0 Å². The highest BCUT2D eigenvalue weighted by Crippen LogP contribution is 2.36. The van der Waals surface area contributed by atoms with Gasteiger partial charge in [0, 0.05) is 0 Å². The van der Waals surface area contributed by atoms with Crippen LogP contribution in [0.3, 0.4) is 0 Å². The molecule has 0 bridgehead atoms. The number of carbonyl (C=O) groups excluding carboxylic acids is 2. The number of carboxylic acid groups (broad SMARTS) is 1. The quantitative estimate of drug-likeness (QED) is 0.736. The van der Waals surface area contributed by atoms with Crippen LogP contribution in [0.15, 0.2) is 0 Å². The van der Waals surface area contributed by atoms with Crippen LogP contribution in [0, 0.1) is 23.7 Å². The molecule has 0 heterocycles. The van der Waals surface area contributed by atoms with Crippen LogP contribution in [0.5, 0.6) is 0 Å². The lowest BCUT2D eigenvalue weighted by Gasteiger charge is -2.23. The lowest BCUT2D eigenvalue weighted by Crippen LogP contribution is -2.48. The molecular formula is C14H23NO5. The van der Waals surface area contributed by atoms with E-state index in [1.165, 1.54) is 7.11 Å². The summed E-state index contributed by atoms with van der Waals surface area (Å²) in [6.45, 7) is 5.53. The highest BCUT2D eigenvalue weighted by atomic mass is 16.5. The average Bonchev–Trinajstić information content (AvgIpc) is 2.76. The van der Waals surface area contributed by atoms with E-state index in [0.717, 1.165) is 0 Å². The fourth-order valence-electron chi connectivity index (χ4n) is 2.74. The van der Waals surface area contributed by atoms with Crippen LogP contribution in [-0.4, -0.2) is 36.1 Å². The summed E-state index contributed by atoms with van der Waals surface area (Å²) in [5.41, 5.74) is 0. The number of aliphatic carboxylic acids is 1. The minimum absolute atomic E-state index is 0.117. The van der Waals surface area contributed by atoms with Gasteiger partial charge in [0.15, 0.2) is 0 Å². The molecule has 6 nitrogen and oxygen atoms in total. The zero-order valence-electron chi connectivity index (χ0n) is 12.4. The first-order chi connectivity index (χ1) is 9.27. The summed E-state index contributed by atoms with van der Waals surface area (Å²) in [6, 6.07) is -0.738. The van der Waals surface area contributed by atoms with Crippen molar-refractivity contribution in [1.29, 1.82) is 0 Å². The van der Waals surface area contributed by atoms with Gasteiger partial charge >= 0.3 is 11.9 Å². The molecule has 6 heteroatoms. The Kier molecular flexibility index (Phi) is 5.53. The molecule has 114 valence electrons. The summed E-state index contributed by atoms with van der Waals surface area (Å²) in [6.07, 6.45) is 1.03. The zero-order valence-corrected chi connectivity index (χ0v) is 12.4. The number of amides is 1. The molecule has 2 N–H and O–H groups in total. The van der Waals surface area contributed by atoms with Crippen molar-refractivity contribution in [2.75, 3.05) is 7.11 Å². The van der Waals surface area contributed by atoms with Crippen molar-refractivity contribution < 1.29 is 24.2 Å². The van der Waals surface area contributed by atoms with Crippen LogP contribution in [0.2, 0.25) is 0 Å². The molecule has 1 amide bonds. The summed E-state index contributed by atoms with van der Waals surface area (Å²) < 4.78 is 4.66. The first kappa shape index (κ1) is 16.5. The fraction of sp³-hybridized carbons (Fsp3) is 0.786. The zero-order chi connectivity index (χ0) is 15.4. The van der Waals surface area contributed by atoms with E-state index in [9.17, 15) is 19.5 Å². The largest absolute Gasteiger partial charge is 0.481 e. The highest BCUT2D eigenvalue weighted by Gasteiger charge is 2.42. The third-order valence-electron chi connectivity index (χ3n) is 3.87. The molecule has 1 rings (SSSR count). The maximum absolute atomic E-state index is 12.3. The SMILES string of the molecule is COC(=O)[C@@H](NC(=O)[C@H]1CC(C)C[C@H]1C(=O)O)C(C)C. The molecule has 1 aliphatic carbocycles. The number of esters is 1. The van der Waals surface area contributed by atoms with Gasteiger partial charge in [-0.2, -0.15) is 0 Å². The van der Waals surface area contributed by atoms with Gasteiger partial charge in [0.05, 0.1) is 18.9 Å². The summed E-state index contributed by atoms with van der Waals surface area (Å²) in [5, 5.41) is 11.8. The van der Waals surface area contributed by atoms with Gasteiger partial charge in [-0.3, -0.25) is 9.59 Å². The molecule has 20 heavy (non-hydrogen) atoms. The van der Waals surface area contributed by atoms with Crippen molar-refractivity contribution in [3.63, 3.8) is 0 Å². The van der Waals surface area contributed by atoms with Crippen LogP contribution in [0.4, 0.5) is 0 Å². The van der Waals surface area contributed by atoms with E-state index >= 15 is 0 Å². The molecule has 0 aromatic heterocycles. The third-order valence-corrected chi connectivity index (χ3v) is 3.87. The summed E-state index contributed by atoms with van der Waals surface area (Å²) in [4.78, 5) is 35.1. The van der Waals surface area contributed by atoms with Crippen LogP contribution in [0.1, 0.15) is 33.6 Å². The molecule has 1 saturated carbocycles. The molecule has 1 fully saturated rings. The number of carbonyl (C=O) groups is 3. The van der Waals surface area contributed by atoms with E-state index in [0.29, 0.717) is 12.8 Å². The Balaban J connectivity index is 2.78. The second kappa shape index (κ2) is 6.72. The van der Waals surface area contributed by atoms with E-state index in [-0.39, 0.29) is 17.7 Å². The maximum Gasteiger partial charge on any atom is 0.328 e. The Morgan fingerprint density at radius 2 is 1.75 bits per heavy atom. The molecule has 0 aromatic carbocycles. The van der Waals surface area contributed by atoms with Gasteiger partial charge < -0.3 is 15.2 Å². The molecule has 0 spiro atoms. The smallest absolute Gasteiger partial charge is 0.328 e. The van der Waals surface area contributed by atoms with Gasteiger partial charge in [-0.25, -0.2) is 4.79 Å². The summed E-state index contributed by atoms with van der Waals surface area (Å²) >= 11 is 0. The van der Waals surface area contributed by atoms with E-state index in [2.05, 4.69) is 10.1 Å². The van der Waals surface area contributed by atoms with Crippen LogP contribution in [0.25, 0.3) is 0 Å². The third kappa shape index (κ3) is 3.71. The first-order valence-corrected chi connectivity index (χ1v) is 6.88. The Morgan fingerprint density at radius 3 is 2.20 bits per heavy atom. The predicted octanol–water partition coefficient (Wildman–Crippen LogP) is 1.05. The first-order valence-electron chi connectivity index (χ1n) is 6.88. The monoisotopic (exact) mass is 285 g/mol. The Bertz CT molecular complexity index is 393. The minimum Gasteiger partial charge on any atom is -0.481 e. The summed E-state index contributed by atoms with van der Waals surface area (Å²) in [5.74, 6) is -2.99. The molecule has 0 aromatic rings. The highest BCUT2D eigenvalue weighted by molar-refractivity contribution is 5.89. The lowest BCUT2D eigenvalue weighted by atomic mass is 9.94. The number of rotatable bonds is 5. The predicted molar refractivity (Wildman–Crippen MR) is 71.8 cm³/mol. The number of methoxy groups -OCH3 is 1. The van der Waals surface area contributed by atoms with Gasteiger partial charge in [0.2, 0.25) is 5.91 Å². The second-order valence-corrected chi connectivity index (χ2v) is 5.88. The fourth-order valence-corrected chi connectivity index (χ4v) is 2.74. The van der Waals surface area contributed by atoms with Crippen LogP contribution >= 0.6 is 0 Å². The van der Waals surface area contributed by atoms with Gasteiger partial charge in [-0.05, 0) is 24.7 Å². The molecule has 0 aliphatic heterocycles. The van der Waals surface area contributed by atoms with E-state index < -0.39 is 29.8 Å². The minimum atomic E-state index is -0.950. The lowest BCUT2D eigenvalue weighted by molar-refractivity contribution is -0.149. The van der Waals surface area contributed by atoms with E-state index in [1.54, 1.807) is 13.8 Å². The van der Waals surface area contributed by atoms with Crippen molar-refractivity contribution in [3.05, 3.63) is 0 Å². The molecule has 1 unspecified atom stereocenters. The van der Waals surface area contributed by atoms with Crippen molar-refractivity contribution in [1.82, 2.24) is 5.32 Å². The Hall–Kier alpha value is -1.59. The maximum atomic E-state index is 12.3. The van der Waals surface area contributed by atoms with Crippen molar-refractivity contribution in [2.45, 2.75) is 39.7 Å². The Labute approximate surface area is 118 Å². The average molecular weight is 285 g/mol. The Morgan fingerprint density at radius 1 is 1.20 bits per heavy atom. The second-order valence-electron chi connectivity index (χ2n) is 5.88. The number of carboxylic acids is 1.